The van der Waals surface area contributed by atoms with Gasteiger partial charge in [-0.15, -0.1) is 0 Å². The molecule has 4 nitrogen and oxygen atoms in total. The second-order valence-electron chi connectivity index (χ2n) is 6.42. The fraction of sp³-hybridized carbons (Fsp3) is 0.136. The van der Waals surface area contributed by atoms with Gasteiger partial charge < -0.3 is 9.73 Å². The van der Waals surface area contributed by atoms with Crippen molar-refractivity contribution in [2.45, 2.75) is 20.0 Å². The number of aromatic nitrogens is 2. The SMILES string of the molecule is Cc1ccc(-c2nn(-c3ccccc3)cc2CNCc2ccc(F)cc2)o1. The third kappa shape index (κ3) is 3.99. The number of halogens is 1. The summed E-state index contributed by atoms with van der Waals surface area (Å²) in [5.41, 5.74) is 3.88. The first kappa shape index (κ1) is 17.2. The zero-order valence-electron chi connectivity index (χ0n) is 15.0. The van der Waals surface area contributed by atoms with Crippen molar-refractivity contribution in [3.63, 3.8) is 0 Å². The number of nitrogens with one attached hydrogen (secondary N) is 1. The second kappa shape index (κ2) is 7.60. The van der Waals surface area contributed by atoms with E-state index in [0.29, 0.717) is 13.1 Å². The molecule has 4 rings (SSSR count). The lowest BCUT2D eigenvalue weighted by atomic mass is 10.2. The van der Waals surface area contributed by atoms with Crippen LogP contribution in [0.2, 0.25) is 0 Å². The highest BCUT2D eigenvalue weighted by molar-refractivity contribution is 5.57. The zero-order valence-corrected chi connectivity index (χ0v) is 15.0. The van der Waals surface area contributed by atoms with E-state index in [1.54, 1.807) is 12.1 Å². The Morgan fingerprint density at radius 2 is 1.74 bits per heavy atom. The van der Waals surface area contributed by atoms with Gasteiger partial charge in [0.1, 0.15) is 17.3 Å². The molecule has 4 aromatic rings. The molecule has 0 aliphatic rings. The lowest BCUT2D eigenvalue weighted by molar-refractivity contribution is 0.544. The summed E-state index contributed by atoms with van der Waals surface area (Å²) in [6.45, 7) is 3.19. The van der Waals surface area contributed by atoms with Gasteiger partial charge >= 0.3 is 0 Å². The highest BCUT2D eigenvalue weighted by Crippen LogP contribution is 2.25. The predicted molar refractivity (Wildman–Crippen MR) is 103 cm³/mol. The van der Waals surface area contributed by atoms with E-state index in [-0.39, 0.29) is 5.82 Å². The Bertz CT molecular complexity index is 1020. The van der Waals surface area contributed by atoms with Crippen molar-refractivity contribution in [2.24, 2.45) is 0 Å². The fourth-order valence-corrected chi connectivity index (χ4v) is 2.97. The first-order chi connectivity index (χ1) is 13.2. The molecule has 0 aliphatic heterocycles. The van der Waals surface area contributed by atoms with Crippen molar-refractivity contribution in [1.29, 1.82) is 0 Å². The van der Waals surface area contributed by atoms with E-state index >= 15 is 0 Å². The molecule has 1 N–H and O–H groups in total. The van der Waals surface area contributed by atoms with Crippen LogP contribution in [0.3, 0.4) is 0 Å². The Balaban J connectivity index is 1.58. The highest BCUT2D eigenvalue weighted by atomic mass is 19.1. The number of hydrogen-bond acceptors (Lipinski definition) is 3. The fourth-order valence-electron chi connectivity index (χ4n) is 2.97. The van der Waals surface area contributed by atoms with Gasteiger partial charge in [-0.05, 0) is 48.9 Å². The number of hydrogen-bond donors (Lipinski definition) is 1. The summed E-state index contributed by atoms with van der Waals surface area (Å²) in [5.74, 6) is 1.38. The lowest BCUT2D eigenvalue weighted by Crippen LogP contribution is -2.12. The maximum absolute atomic E-state index is 13.0. The Labute approximate surface area is 157 Å². The smallest absolute Gasteiger partial charge is 0.154 e. The van der Waals surface area contributed by atoms with Crippen LogP contribution in [-0.4, -0.2) is 9.78 Å². The van der Waals surface area contributed by atoms with Crippen LogP contribution in [0, 0.1) is 12.7 Å². The maximum atomic E-state index is 13.0. The van der Waals surface area contributed by atoms with Crippen LogP contribution in [0.5, 0.6) is 0 Å². The van der Waals surface area contributed by atoms with Crippen LogP contribution in [-0.2, 0) is 13.1 Å². The monoisotopic (exact) mass is 361 g/mol. The minimum Gasteiger partial charge on any atom is -0.460 e. The average Bonchev–Trinajstić information content (AvgIpc) is 3.30. The van der Waals surface area contributed by atoms with E-state index in [4.69, 9.17) is 9.52 Å². The van der Waals surface area contributed by atoms with Crippen molar-refractivity contribution < 1.29 is 8.81 Å². The van der Waals surface area contributed by atoms with Gasteiger partial charge in [-0.25, -0.2) is 9.07 Å². The molecular formula is C22H20FN3O. The topological polar surface area (TPSA) is 43.0 Å². The van der Waals surface area contributed by atoms with Crippen molar-refractivity contribution in [2.75, 3.05) is 0 Å². The molecule has 0 fully saturated rings. The summed E-state index contributed by atoms with van der Waals surface area (Å²) in [5, 5.41) is 8.14. The molecule has 0 saturated heterocycles. The zero-order chi connectivity index (χ0) is 18.6. The molecule has 0 atom stereocenters. The Kier molecular flexibility index (Phi) is 4.85. The van der Waals surface area contributed by atoms with Crippen molar-refractivity contribution in [3.8, 4) is 17.1 Å². The molecule has 2 aromatic heterocycles. The van der Waals surface area contributed by atoms with Gasteiger partial charge in [0.25, 0.3) is 0 Å². The number of furan rings is 1. The van der Waals surface area contributed by atoms with E-state index in [9.17, 15) is 4.39 Å². The van der Waals surface area contributed by atoms with E-state index in [1.165, 1.54) is 12.1 Å². The molecule has 0 radical (unpaired) electrons. The van der Waals surface area contributed by atoms with Crippen molar-refractivity contribution in [3.05, 3.63) is 95.6 Å². The first-order valence-corrected chi connectivity index (χ1v) is 8.85. The summed E-state index contributed by atoms with van der Waals surface area (Å²) in [7, 11) is 0. The maximum Gasteiger partial charge on any atom is 0.154 e. The molecule has 0 unspecified atom stereocenters. The van der Waals surface area contributed by atoms with E-state index in [1.807, 2.05) is 60.3 Å². The standard InChI is InChI=1S/C22H20FN3O/c1-16-7-12-21(27-16)22-18(14-24-13-17-8-10-19(23)11-9-17)15-26(25-22)20-5-3-2-4-6-20/h2-12,15,24H,13-14H2,1H3. The molecule has 0 bridgehead atoms. The van der Waals surface area contributed by atoms with Gasteiger partial charge in [0.2, 0.25) is 0 Å². The van der Waals surface area contributed by atoms with Crippen molar-refractivity contribution in [1.82, 2.24) is 15.1 Å². The minimum atomic E-state index is -0.224. The largest absolute Gasteiger partial charge is 0.460 e. The van der Waals surface area contributed by atoms with Crippen LogP contribution in [0.4, 0.5) is 4.39 Å². The Morgan fingerprint density at radius 1 is 0.963 bits per heavy atom. The molecule has 27 heavy (non-hydrogen) atoms. The van der Waals surface area contributed by atoms with Gasteiger partial charge in [-0.2, -0.15) is 5.10 Å². The second-order valence-corrected chi connectivity index (χ2v) is 6.42. The van der Waals surface area contributed by atoms with Gasteiger partial charge in [0, 0.05) is 24.8 Å². The van der Waals surface area contributed by atoms with Crippen LogP contribution in [0.15, 0.2) is 77.3 Å². The number of aryl methyl sites for hydroxylation is 1. The van der Waals surface area contributed by atoms with E-state index in [2.05, 4.69) is 5.32 Å². The van der Waals surface area contributed by atoms with Crippen LogP contribution in [0.1, 0.15) is 16.9 Å². The summed E-state index contributed by atoms with van der Waals surface area (Å²) < 4.78 is 20.7. The van der Waals surface area contributed by atoms with E-state index in [0.717, 1.165) is 34.0 Å². The number of nitrogens with zero attached hydrogens (tertiary/aromatic N) is 2. The average molecular weight is 361 g/mol. The summed E-state index contributed by atoms with van der Waals surface area (Å²) >= 11 is 0. The third-order valence-corrected chi connectivity index (χ3v) is 4.34. The minimum absolute atomic E-state index is 0.224. The molecule has 5 heteroatoms. The van der Waals surface area contributed by atoms with Gasteiger partial charge in [0.15, 0.2) is 5.76 Å². The summed E-state index contributed by atoms with van der Waals surface area (Å²) in [4.78, 5) is 0. The number of benzene rings is 2. The summed E-state index contributed by atoms with van der Waals surface area (Å²) in [6.07, 6.45) is 2.01. The van der Waals surface area contributed by atoms with Crippen molar-refractivity contribution >= 4 is 0 Å². The molecule has 0 aliphatic carbocycles. The first-order valence-electron chi connectivity index (χ1n) is 8.85. The highest BCUT2D eigenvalue weighted by Gasteiger charge is 2.15. The molecule has 0 spiro atoms. The van der Waals surface area contributed by atoms with Gasteiger partial charge in [0.05, 0.1) is 5.69 Å². The van der Waals surface area contributed by atoms with Crippen LogP contribution < -0.4 is 5.32 Å². The molecule has 0 amide bonds. The Hall–Kier alpha value is -3.18. The normalized spacial score (nSPS) is 11.0. The predicted octanol–water partition coefficient (Wildman–Crippen LogP) is 4.87. The molecule has 2 aromatic carbocycles. The lowest BCUT2D eigenvalue weighted by Gasteiger charge is -2.04. The molecule has 0 saturated carbocycles. The van der Waals surface area contributed by atoms with Crippen LogP contribution in [0.25, 0.3) is 17.1 Å². The van der Waals surface area contributed by atoms with Gasteiger partial charge in [-0.3, -0.25) is 0 Å². The van der Waals surface area contributed by atoms with Crippen LogP contribution >= 0.6 is 0 Å². The molecule has 2 heterocycles. The number of para-hydroxylation sites is 1. The van der Waals surface area contributed by atoms with E-state index < -0.39 is 0 Å². The summed E-state index contributed by atoms with van der Waals surface area (Å²) in [6, 6.07) is 20.4. The van der Waals surface area contributed by atoms with Gasteiger partial charge in [-0.1, -0.05) is 30.3 Å². The molecule has 136 valence electrons. The third-order valence-electron chi connectivity index (χ3n) is 4.34. The number of rotatable bonds is 6. The molecular weight excluding hydrogens is 341 g/mol. The Morgan fingerprint density at radius 3 is 2.44 bits per heavy atom. The quantitative estimate of drug-likeness (QED) is 0.533.